The third kappa shape index (κ3) is 4.51. The van der Waals surface area contributed by atoms with E-state index < -0.39 is 5.60 Å². The van der Waals surface area contributed by atoms with Crippen molar-refractivity contribution in [2.24, 2.45) is 0 Å². The topological polar surface area (TPSA) is 74.4 Å². The summed E-state index contributed by atoms with van der Waals surface area (Å²) < 4.78 is 5.36. The van der Waals surface area contributed by atoms with Crippen LogP contribution >= 0.6 is 0 Å². The van der Waals surface area contributed by atoms with E-state index >= 15 is 0 Å². The van der Waals surface area contributed by atoms with Crippen molar-refractivity contribution in [2.45, 2.75) is 38.3 Å². The minimum Gasteiger partial charge on any atom is -0.467 e. The Bertz CT molecular complexity index is 888. The molecule has 6 nitrogen and oxygen atoms in total. The van der Waals surface area contributed by atoms with Gasteiger partial charge in [0.2, 0.25) is 5.95 Å². The number of anilines is 2. The van der Waals surface area contributed by atoms with Crippen LogP contribution in [0, 0.1) is 6.92 Å². The third-order valence-electron chi connectivity index (χ3n) is 5.22. The molecule has 2 N–H and O–H groups in total. The van der Waals surface area contributed by atoms with Crippen LogP contribution in [0.5, 0.6) is 0 Å². The summed E-state index contributed by atoms with van der Waals surface area (Å²) in [5, 5.41) is 14.3. The molecule has 1 saturated heterocycles. The molecule has 0 amide bonds. The lowest BCUT2D eigenvalue weighted by Gasteiger charge is -2.38. The molecule has 3 heterocycles. The maximum absolute atomic E-state index is 11.0. The summed E-state index contributed by atoms with van der Waals surface area (Å²) in [6.07, 6.45) is 3.76. The molecule has 0 bridgehead atoms. The average Bonchev–Trinajstić information content (AvgIpc) is 3.21. The van der Waals surface area contributed by atoms with Gasteiger partial charge in [0.1, 0.15) is 11.6 Å². The van der Waals surface area contributed by atoms with E-state index in [1.165, 1.54) is 5.56 Å². The number of furan rings is 1. The number of nitrogens with one attached hydrogen (secondary N) is 1. The summed E-state index contributed by atoms with van der Waals surface area (Å²) in [6.45, 7) is 4.04. The Labute approximate surface area is 165 Å². The van der Waals surface area contributed by atoms with E-state index in [1.54, 1.807) is 6.26 Å². The Hall–Kier alpha value is -2.86. The minimum absolute atomic E-state index is 0.583. The van der Waals surface area contributed by atoms with Gasteiger partial charge >= 0.3 is 0 Å². The van der Waals surface area contributed by atoms with E-state index in [1.807, 2.05) is 43.3 Å². The molecule has 0 radical (unpaired) electrons. The van der Waals surface area contributed by atoms with Crippen molar-refractivity contribution in [1.29, 1.82) is 0 Å². The first-order valence-corrected chi connectivity index (χ1v) is 9.73. The zero-order valence-corrected chi connectivity index (χ0v) is 16.1. The van der Waals surface area contributed by atoms with Gasteiger partial charge in [-0.25, -0.2) is 4.98 Å². The molecule has 6 heteroatoms. The predicted molar refractivity (Wildman–Crippen MR) is 109 cm³/mol. The molecule has 0 atom stereocenters. The summed E-state index contributed by atoms with van der Waals surface area (Å²) in [4.78, 5) is 11.4. The van der Waals surface area contributed by atoms with Crippen molar-refractivity contribution in [1.82, 2.24) is 9.97 Å². The number of rotatable bonds is 6. The summed E-state index contributed by atoms with van der Waals surface area (Å²) in [5.74, 6) is 2.36. The van der Waals surface area contributed by atoms with Gasteiger partial charge in [0, 0.05) is 31.3 Å². The maximum Gasteiger partial charge on any atom is 0.227 e. The van der Waals surface area contributed by atoms with E-state index in [0.717, 1.165) is 30.4 Å². The Kier molecular flexibility index (Phi) is 5.30. The van der Waals surface area contributed by atoms with Gasteiger partial charge in [-0.2, -0.15) is 4.98 Å². The quantitative estimate of drug-likeness (QED) is 0.683. The Morgan fingerprint density at radius 3 is 2.61 bits per heavy atom. The molecule has 28 heavy (non-hydrogen) atoms. The van der Waals surface area contributed by atoms with Crippen LogP contribution in [-0.4, -0.2) is 33.8 Å². The summed E-state index contributed by atoms with van der Waals surface area (Å²) in [7, 11) is 0. The van der Waals surface area contributed by atoms with Crippen molar-refractivity contribution >= 4 is 11.8 Å². The third-order valence-corrected chi connectivity index (χ3v) is 5.22. The van der Waals surface area contributed by atoms with Crippen molar-refractivity contribution in [3.05, 3.63) is 71.8 Å². The lowest BCUT2D eigenvalue weighted by atomic mass is 9.85. The number of piperidine rings is 1. The monoisotopic (exact) mass is 378 g/mol. The van der Waals surface area contributed by atoms with Crippen molar-refractivity contribution in [3.8, 4) is 0 Å². The Balaban J connectivity index is 1.39. The highest BCUT2D eigenvalue weighted by molar-refractivity contribution is 5.44. The number of hydrogen-bond donors (Lipinski definition) is 2. The van der Waals surface area contributed by atoms with E-state index in [0.29, 0.717) is 31.8 Å². The molecular formula is C22H26N4O2. The second kappa shape index (κ2) is 8.02. The molecule has 146 valence electrons. The largest absolute Gasteiger partial charge is 0.467 e. The van der Waals surface area contributed by atoms with E-state index in [4.69, 9.17) is 4.42 Å². The molecule has 1 fully saturated rings. The van der Waals surface area contributed by atoms with Crippen LogP contribution in [-0.2, 0) is 13.0 Å². The van der Waals surface area contributed by atoms with Crippen molar-refractivity contribution in [3.63, 3.8) is 0 Å². The Morgan fingerprint density at radius 2 is 1.89 bits per heavy atom. The zero-order chi connectivity index (χ0) is 19.4. The van der Waals surface area contributed by atoms with Gasteiger partial charge in [0.25, 0.3) is 0 Å². The number of aryl methyl sites for hydroxylation is 1. The fourth-order valence-corrected chi connectivity index (χ4v) is 3.65. The van der Waals surface area contributed by atoms with Gasteiger partial charge in [0.15, 0.2) is 0 Å². The number of nitrogens with zero attached hydrogens (tertiary/aromatic N) is 3. The van der Waals surface area contributed by atoms with E-state index in [9.17, 15) is 5.11 Å². The normalized spacial score (nSPS) is 16.1. The van der Waals surface area contributed by atoms with E-state index in [-0.39, 0.29) is 0 Å². The highest BCUT2D eigenvalue weighted by atomic mass is 16.3. The smallest absolute Gasteiger partial charge is 0.227 e. The van der Waals surface area contributed by atoms with Gasteiger partial charge in [-0.15, -0.1) is 0 Å². The Morgan fingerprint density at radius 1 is 1.11 bits per heavy atom. The summed E-state index contributed by atoms with van der Waals surface area (Å²) >= 11 is 0. The van der Waals surface area contributed by atoms with Crippen LogP contribution < -0.4 is 10.2 Å². The molecule has 0 saturated carbocycles. The van der Waals surface area contributed by atoms with Gasteiger partial charge in [-0.3, -0.25) is 0 Å². The van der Waals surface area contributed by atoms with Crippen LogP contribution in [0.3, 0.4) is 0 Å². The van der Waals surface area contributed by atoms with Crippen LogP contribution in [0.25, 0.3) is 0 Å². The second-order valence-electron chi connectivity index (χ2n) is 7.50. The molecule has 0 unspecified atom stereocenters. The van der Waals surface area contributed by atoms with Crippen LogP contribution in [0.2, 0.25) is 0 Å². The first kappa shape index (κ1) is 18.5. The van der Waals surface area contributed by atoms with Gasteiger partial charge in [0.05, 0.1) is 18.4 Å². The molecule has 4 rings (SSSR count). The fourth-order valence-electron chi connectivity index (χ4n) is 3.65. The predicted octanol–water partition coefficient (Wildman–Crippen LogP) is 3.56. The van der Waals surface area contributed by atoms with E-state index in [2.05, 4.69) is 32.3 Å². The molecule has 2 aromatic heterocycles. The summed E-state index contributed by atoms with van der Waals surface area (Å²) in [6, 6.07) is 15.9. The van der Waals surface area contributed by atoms with Gasteiger partial charge in [-0.05, 0) is 37.5 Å². The maximum atomic E-state index is 11.0. The van der Waals surface area contributed by atoms with Crippen LogP contribution in [0.1, 0.15) is 29.9 Å². The minimum atomic E-state index is -0.665. The average molecular weight is 378 g/mol. The van der Waals surface area contributed by atoms with Crippen LogP contribution in [0.15, 0.2) is 59.2 Å². The van der Waals surface area contributed by atoms with Gasteiger partial charge < -0.3 is 19.7 Å². The standard InChI is InChI=1S/C22H26N4O2/c1-17-14-20(23-16-19-8-5-13-28-19)25-21(24-17)26-11-9-22(27,10-12-26)15-18-6-3-2-4-7-18/h2-8,13-14,27H,9-12,15-16H2,1H3,(H,23,24,25). The molecule has 0 aliphatic carbocycles. The number of hydrogen-bond acceptors (Lipinski definition) is 6. The van der Waals surface area contributed by atoms with Crippen molar-refractivity contribution in [2.75, 3.05) is 23.3 Å². The van der Waals surface area contributed by atoms with Crippen molar-refractivity contribution < 1.29 is 9.52 Å². The SMILES string of the molecule is Cc1cc(NCc2ccco2)nc(N2CCC(O)(Cc3ccccc3)CC2)n1. The molecule has 1 aliphatic heterocycles. The highest BCUT2D eigenvalue weighted by Crippen LogP contribution is 2.28. The number of aliphatic hydroxyl groups is 1. The number of benzene rings is 1. The second-order valence-corrected chi connectivity index (χ2v) is 7.50. The molecule has 1 aliphatic rings. The van der Waals surface area contributed by atoms with Gasteiger partial charge in [-0.1, -0.05) is 30.3 Å². The first-order chi connectivity index (χ1) is 13.6. The molecule has 1 aromatic carbocycles. The highest BCUT2D eigenvalue weighted by Gasteiger charge is 2.33. The molecular weight excluding hydrogens is 352 g/mol. The zero-order valence-electron chi connectivity index (χ0n) is 16.1. The number of aromatic nitrogens is 2. The fraction of sp³-hybridized carbons (Fsp3) is 0.364. The lowest BCUT2D eigenvalue weighted by molar-refractivity contribution is 0.0163. The van der Waals surface area contributed by atoms with Crippen LogP contribution in [0.4, 0.5) is 11.8 Å². The first-order valence-electron chi connectivity index (χ1n) is 9.73. The molecule has 3 aromatic rings. The lowest BCUT2D eigenvalue weighted by Crippen LogP contribution is -2.46. The summed E-state index contributed by atoms with van der Waals surface area (Å²) in [5.41, 5.74) is 1.42. The molecule has 0 spiro atoms.